The molecule has 1 fully saturated rings. The van der Waals surface area contributed by atoms with Crippen molar-refractivity contribution in [2.24, 2.45) is 0 Å². The molecular formula is C21H21ClO10. The van der Waals surface area contributed by atoms with E-state index in [0.717, 1.165) is 6.07 Å². The molecular weight excluding hydrogens is 448 g/mol. The van der Waals surface area contributed by atoms with Crippen LogP contribution in [-0.2, 0) is 4.74 Å². The number of aliphatic hydroxyl groups is 3. The van der Waals surface area contributed by atoms with Crippen molar-refractivity contribution in [3.8, 4) is 40.1 Å². The number of rotatable bonds is 4. The molecule has 3 aromatic rings. The van der Waals surface area contributed by atoms with Gasteiger partial charge in [0.25, 0.3) is 0 Å². The Morgan fingerprint density at radius 3 is 2.41 bits per heavy atom. The van der Waals surface area contributed by atoms with E-state index in [1.807, 2.05) is 0 Å². The van der Waals surface area contributed by atoms with Crippen molar-refractivity contribution in [1.29, 1.82) is 0 Å². The molecule has 10 nitrogen and oxygen atoms in total. The molecule has 0 bridgehead atoms. The van der Waals surface area contributed by atoms with Gasteiger partial charge in [0.15, 0.2) is 11.5 Å². The van der Waals surface area contributed by atoms with Gasteiger partial charge in [0.05, 0.1) is 25.3 Å². The van der Waals surface area contributed by atoms with Gasteiger partial charge in [0.1, 0.15) is 35.2 Å². The van der Waals surface area contributed by atoms with Gasteiger partial charge in [-0.3, -0.25) is 0 Å². The molecule has 6 N–H and O–H groups in total. The Labute approximate surface area is 187 Å². The Morgan fingerprint density at radius 1 is 0.938 bits per heavy atom. The van der Waals surface area contributed by atoms with Crippen molar-refractivity contribution in [3.63, 3.8) is 0 Å². The fourth-order valence-corrected chi connectivity index (χ4v) is 3.30. The first-order chi connectivity index (χ1) is 14.8. The van der Waals surface area contributed by atoms with Crippen LogP contribution in [0.15, 0.2) is 40.8 Å². The highest BCUT2D eigenvalue weighted by molar-refractivity contribution is 5.88. The molecule has 0 amide bonds. The number of hydrogen-bond acceptors (Lipinski definition) is 9. The van der Waals surface area contributed by atoms with Crippen LogP contribution < -0.4 is 21.9 Å². The largest absolute Gasteiger partial charge is 1.00 e. The van der Waals surface area contributed by atoms with Crippen LogP contribution in [0.4, 0.5) is 0 Å². The number of aliphatic hydroxyl groups excluding tert-OH is 3. The molecule has 1 aromatic heterocycles. The molecule has 0 aliphatic carbocycles. The summed E-state index contributed by atoms with van der Waals surface area (Å²) in [7, 11) is 1.38. The molecule has 0 radical (unpaired) electrons. The fraction of sp³-hybridized carbons (Fsp3) is 0.286. The lowest BCUT2D eigenvalue weighted by Crippen LogP contribution is -3.00. The van der Waals surface area contributed by atoms with Crippen LogP contribution in [0.25, 0.3) is 22.3 Å². The third-order valence-electron chi connectivity index (χ3n) is 4.96. The zero-order chi connectivity index (χ0) is 22.3. The summed E-state index contributed by atoms with van der Waals surface area (Å²) in [4.78, 5) is 0. The second-order valence-electron chi connectivity index (χ2n) is 7.07. The summed E-state index contributed by atoms with van der Waals surface area (Å²) in [5.41, 5.74) is 0.535. The summed E-state index contributed by atoms with van der Waals surface area (Å²) in [6, 6.07) is 8.21. The normalized spacial score (nSPS) is 22.9. The van der Waals surface area contributed by atoms with Gasteiger partial charge in [-0.25, -0.2) is 4.42 Å². The molecule has 172 valence electrons. The van der Waals surface area contributed by atoms with Crippen LogP contribution in [0.2, 0.25) is 0 Å². The molecule has 32 heavy (non-hydrogen) atoms. The Morgan fingerprint density at radius 2 is 1.69 bits per heavy atom. The van der Waals surface area contributed by atoms with Gasteiger partial charge < -0.3 is 57.3 Å². The maximum atomic E-state index is 10.2. The van der Waals surface area contributed by atoms with Crippen molar-refractivity contribution in [2.75, 3.05) is 13.7 Å². The maximum Gasteiger partial charge on any atom is 0.402 e. The average molecular weight is 469 g/mol. The van der Waals surface area contributed by atoms with Gasteiger partial charge >= 0.3 is 11.3 Å². The summed E-state index contributed by atoms with van der Waals surface area (Å²) in [5, 5.41) is 59.9. The second-order valence-corrected chi connectivity index (χ2v) is 7.07. The molecule has 1 aliphatic heterocycles. The molecule has 2 aromatic carbocycles. The highest BCUT2D eigenvalue weighted by Gasteiger charge is 2.40. The number of halogens is 1. The van der Waals surface area contributed by atoms with E-state index in [1.165, 1.54) is 37.4 Å². The molecule has 1 unspecified atom stereocenters. The second kappa shape index (κ2) is 9.23. The summed E-state index contributed by atoms with van der Waals surface area (Å²) >= 11 is 0. The highest BCUT2D eigenvalue weighted by atomic mass is 35.5. The number of ether oxygens (including phenoxy) is 3. The summed E-state index contributed by atoms with van der Waals surface area (Å²) in [6.45, 7) is -0.269. The Kier molecular flexibility index (Phi) is 6.82. The summed E-state index contributed by atoms with van der Waals surface area (Å²) < 4.78 is 22.1. The number of methoxy groups -OCH3 is 1. The number of hydrogen-bond donors (Lipinski definition) is 6. The zero-order valence-corrected chi connectivity index (χ0v) is 17.4. The van der Waals surface area contributed by atoms with E-state index in [-0.39, 0.29) is 64.5 Å². The SMILES string of the molecule is COc1cc(-c2[o+]c3cc(O)cc(O)c3cc2O[C@@H]2OC[C@H](O)[C@@H](O)C2O)ccc1O.[Cl-]. The van der Waals surface area contributed by atoms with Crippen molar-refractivity contribution in [1.82, 2.24) is 0 Å². The van der Waals surface area contributed by atoms with E-state index < -0.39 is 24.6 Å². The first-order valence-corrected chi connectivity index (χ1v) is 9.31. The maximum absolute atomic E-state index is 10.2. The molecule has 2 heterocycles. The van der Waals surface area contributed by atoms with Crippen LogP contribution in [-0.4, -0.2) is 69.0 Å². The standard InChI is InChI=1S/C21H20O10.ClH/c1-28-16-4-9(2-3-12(16)23)20-17(31-21-19(27)18(26)14(25)8-29-21)7-11-13(24)5-10(22)6-15(11)30-20;/h2-7,14,18-19,21,25-27H,8H2,1H3,(H2-,22,23,24);1H/t14-,18+,19?,21-;/m0./s1. The van der Waals surface area contributed by atoms with Gasteiger partial charge in [-0.05, 0) is 12.1 Å². The van der Waals surface area contributed by atoms with Crippen molar-refractivity contribution in [2.45, 2.75) is 24.6 Å². The van der Waals surface area contributed by atoms with Gasteiger partial charge in [0, 0.05) is 18.2 Å². The number of phenolic OH excluding ortho intramolecular Hbond substituents is 3. The first-order valence-electron chi connectivity index (χ1n) is 9.31. The van der Waals surface area contributed by atoms with Gasteiger partial charge in [-0.2, -0.15) is 0 Å². The number of phenols is 3. The molecule has 4 rings (SSSR count). The molecule has 1 aliphatic rings. The molecule has 0 saturated carbocycles. The van der Waals surface area contributed by atoms with E-state index in [1.54, 1.807) is 0 Å². The lowest BCUT2D eigenvalue weighted by Gasteiger charge is -2.34. The van der Waals surface area contributed by atoms with Crippen LogP contribution in [0.1, 0.15) is 0 Å². The quantitative estimate of drug-likeness (QED) is 0.244. The highest BCUT2D eigenvalue weighted by Crippen LogP contribution is 2.42. The number of fused-ring (bicyclic) bond motifs is 1. The predicted octanol–water partition coefficient (Wildman–Crippen LogP) is -1.67. The Balaban J connectivity index is 0.00000289. The molecule has 11 heteroatoms. The predicted molar refractivity (Wildman–Crippen MR) is 106 cm³/mol. The van der Waals surface area contributed by atoms with Crippen molar-refractivity contribution >= 4 is 11.0 Å². The molecule has 1 saturated heterocycles. The van der Waals surface area contributed by atoms with E-state index >= 15 is 0 Å². The van der Waals surface area contributed by atoms with Crippen LogP contribution in [0, 0.1) is 0 Å². The average Bonchev–Trinajstić information content (AvgIpc) is 2.74. The van der Waals surface area contributed by atoms with Crippen molar-refractivity contribution < 1.29 is 61.7 Å². The van der Waals surface area contributed by atoms with E-state index in [9.17, 15) is 30.6 Å². The first kappa shape index (κ1) is 23.6. The fourth-order valence-electron chi connectivity index (χ4n) is 3.30. The van der Waals surface area contributed by atoms with Crippen LogP contribution in [0.5, 0.6) is 28.7 Å². The zero-order valence-electron chi connectivity index (χ0n) is 16.7. The smallest absolute Gasteiger partial charge is 0.402 e. The minimum Gasteiger partial charge on any atom is -1.00 e. The topological polar surface area (TPSA) is 160 Å². The van der Waals surface area contributed by atoms with Crippen molar-refractivity contribution in [3.05, 3.63) is 36.4 Å². The number of aromatic hydroxyl groups is 3. The van der Waals surface area contributed by atoms with Crippen LogP contribution in [0.3, 0.4) is 0 Å². The molecule has 4 atom stereocenters. The lowest BCUT2D eigenvalue weighted by molar-refractivity contribution is -0.242. The Bertz CT molecular complexity index is 1120. The van der Waals surface area contributed by atoms with Gasteiger partial charge in [0.2, 0.25) is 12.0 Å². The minimum atomic E-state index is -1.56. The summed E-state index contributed by atoms with van der Waals surface area (Å²) in [6.07, 6.45) is -5.67. The third-order valence-corrected chi connectivity index (χ3v) is 4.96. The minimum absolute atomic E-state index is 0. The van der Waals surface area contributed by atoms with E-state index in [4.69, 9.17) is 18.6 Å². The van der Waals surface area contributed by atoms with Gasteiger partial charge in [-0.15, -0.1) is 0 Å². The van der Waals surface area contributed by atoms with Gasteiger partial charge in [-0.1, -0.05) is 0 Å². The lowest BCUT2D eigenvalue weighted by atomic mass is 10.1. The third kappa shape index (κ3) is 4.31. The summed E-state index contributed by atoms with van der Waals surface area (Å²) in [5.74, 6) is -0.321. The van der Waals surface area contributed by atoms with Crippen LogP contribution >= 0.6 is 0 Å². The number of benzene rings is 2. The van der Waals surface area contributed by atoms with E-state index in [0.29, 0.717) is 5.56 Å². The van der Waals surface area contributed by atoms with E-state index in [2.05, 4.69) is 0 Å². The molecule has 0 spiro atoms. The Hall–Kier alpha value is -3.02. The monoisotopic (exact) mass is 468 g/mol.